The summed E-state index contributed by atoms with van der Waals surface area (Å²) in [5.74, 6) is 1.45. The van der Waals surface area contributed by atoms with Crippen molar-refractivity contribution < 1.29 is 9.47 Å². The van der Waals surface area contributed by atoms with Crippen molar-refractivity contribution in [2.45, 2.75) is 31.8 Å². The number of aromatic nitrogens is 1. The van der Waals surface area contributed by atoms with Gasteiger partial charge in [-0.05, 0) is 19.4 Å². The van der Waals surface area contributed by atoms with E-state index in [1.165, 1.54) is 12.8 Å². The molecule has 19 heavy (non-hydrogen) atoms. The van der Waals surface area contributed by atoms with Gasteiger partial charge in [-0.2, -0.15) is 0 Å². The lowest BCUT2D eigenvalue weighted by atomic mass is 10.2. The van der Waals surface area contributed by atoms with Crippen molar-refractivity contribution in [3.05, 3.63) is 18.0 Å². The van der Waals surface area contributed by atoms with Crippen LogP contribution in [0.25, 0.3) is 0 Å². The molecule has 2 N–H and O–H groups in total. The van der Waals surface area contributed by atoms with Gasteiger partial charge in [0, 0.05) is 31.4 Å². The standard InChI is InChI=1S/C14H23N3O2/c1-18-13-6-7-16-12(14(13)19-2)10-17-8-4-3-5-11(15)9-17/h6-7,11H,3-5,8-10,15H2,1-2H3. The fourth-order valence-electron chi connectivity index (χ4n) is 2.57. The van der Waals surface area contributed by atoms with Crippen LogP contribution >= 0.6 is 0 Å². The van der Waals surface area contributed by atoms with Gasteiger partial charge in [-0.25, -0.2) is 0 Å². The SMILES string of the molecule is COc1ccnc(CN2CCCCC(N)C2)c1OC. The molecule has 0 saturated carbocycles. The molecule has 1 saturated heterocycles. The summed E-state index contributed by atoms with van der Waals surface area (Å²) >= 11 is 0. The normalized spacial score (nSPS) is 20.9. The molecular formula is C14H23N3O2. The van der Waals surface area contributed by atoms with Crippen molar-refractivity contribution in [1.82, 2.24) is 9.88 Å². The Labute approximate surface area is 114 Å². The van der Waals surface area contributed by atoms with E-state index in [9.17, 15) is 0 Å². The highest BCUT2D eigenvalue weighted by molar-refractivity contribution is 5.42. The highest BCUT2D eigenvalue weighted by Crippen LogP contribution is 2.30. The van der Waals surface area contributed by atoms with E-state index in [0.29, 0.717) is 0 Å². The predicted molar refractivity (Wildman–Crippen MR) is 74.4 cm³/mol. The summed E-state index contributed by atoms with van der Waals surface area (Å²) in [7, 11) is 3.29. The van der Waals surface area contributed by atoms with Crippen LogP contribution in [0, 0.1) is 0 Å². The molecule has 0 amide bonds. The molecule has 106 valence electrons. The number of nitrogens with two attached hydrogens (primary N) is 1. The molecule has 5 heteroatoms. The van der Waals surface area contributed by atoms with E-state index in [1.807, 2.05) is 6.07 Å². The van der Waals surface area contributed by atoms with E-state index in [2.05, 4.69) is 9.88 Å². The molecular weight excluding hydrogens is 242 g/mol. The molecule has 1 atom stereocenters. The van der Waals surface area contributed by atoms with E-state index in [1.54, 1.807) is 20.4 Å². The molecule has 1 aliphatic heterocycles. The Morgan fingerprint density at radius 1 is 1.37 bits per heavy atom. The Hall–Kier alpha value is -1.33. The number of methoxy groups -OCH3 is 2. The largest absolute Gasteiger partial charge is 0.493 e. The average molecular weight is 265 g/mol. The molecule has 0 bridgehead atoms. The van der Waals surface area contributed by atoms with Crippen LogP contribution in [0.15, 0.2) is 12.3 Å². The highest BCUT2D eigenvalue weighted by atomic mass is 16.5. The van der Waals surface area contributed by atoms with Gasteiger partial charge in [0.25, 0.3) is 0 Å². The fraction of sp³-hybridized carbons (Fsp3) is 0.643. The minimum atomic E-state index is 0.263. The van der Waals surface area contributed by atoms with E-state index < -0.39 is 0 Å². The molecule has 0 spiro atoms. The molecule has 2 heterocycles. The van der Waals surface area contributed by atoms with Crippen molar-refractivity contribution in [2.75, 3.05) is 27.3 Å². The average Bonchev–Trinajstić information content (AvgIpc) is 2.62. The second-order valence-corrected chi connectivity index (χ2v) is 4.98. The molecule has 5 nitrogen and oxygen atoms in total. The number of likely N-dealkylation sites (tertiary alicyclic amines) is 1. The van der Waals surface area contributed by atoms with Gasteiger partial charge in [0.1, 0.15) is 5.69 Å². The Morgan fingerprint density at radius 2 is 2.21 bits per heavy atom. The first-order chi connectivity index (χ1) is 9.24. The summed E-state index contributed by atoms with van der Waals surface area (Å²) in [5, 5.41) is 0. The Morgan fingerprint density at radius 3 is 2.95 bits per heavy atom. The summed E-state index contributed by atoms with van der Waals surface area (Å²) in [4.78, 5) is 6.77. The predicted octanol–water partition coefficient (Wildman–Crippen LogP) is 1.41. The van der Waals surface area contributed by atoms with Gasteiger partial charge in [-0.15, -0.1) is 0 Å². The quantitative estimate of drug-likeness (QED) is 0.892. The number of pyridine rings is 1. The summed E-state index contributed by atoms with van der Waals surface area (Å²) < 4.78 is 10.7. The Kier molecular flexibility index (Phi) is 4.99. The van der Waals surface area contributed by atoms with E-state index in [4.69, 9.17) is 15.2 Å². The number of hydrogen-bond donors (Lipinski definition) is 1. The van der Waals surface area contributed by atoms with E-state index >= 15 is 0 Å². The fourth-order valence-corrected chi connectivity index (χ4v) is 2.57. The van der Waals surface area contributed by atoms with Crippen molar-refractivity contribution in [3.8, 4) is 11.5 Å². The van der Waals surface area contributed by atoms with Crippen molar-refractivity contribution in [3.63, 3.8) is 0 Å². The van der Waals surface area contributed by atoms with E-state index in [-0.39, 0.29) is 6.04 Å². The smallest absolute Gasteiger partial charge is 0.183 e. The minimum absolute atomic E-state index is 0.263. The van der Waals surface area contributed by atoms with Crippen LogP contribution in [-0.2, 0) is 6.54 Å². The van der Waals surface area contributed by atoms with Gasteiger partial charge in [-0.1, -0.05) is 6.42 Å². The summed E-state index contributed by atoms with van der Waals surface area (Å²) in [6.07, 6.45) is 5.27. The van der Waals surface area contributed by atoms with Crippen LogP contribution in [0.2, 0.25) is 0 Å². The first kappa shape index (κ1) is 14.1. The zero-order chi connectivity index (χ0) is 13.7. The molecule has 2 rings (SSSR count). The lowest BCUT2D eigenvalue weighted by molar-refractivity contribution is 0.254. The van der Waals surface area contributed by atoms with Gasteiger partial charge < -0.3 is 15.2 Å². The topological polar surface area (TPSA) is 60.6 Å². The summed E-state index contributed by atoms with van der Waals surface area (Å²) in [6, 6.07) is 2.08. The van der Waals surface area contributed by atoms with Crippen molar-refractivity contribution in [1.29, 1.82) is 0 Å². The van der Waals surface area contributed by atoms with Crippen molar-refractivity contribution >= 4 is 0 Å². The maximum absolute atomic E-state index is 6.09. The number of nitrogens with zero attached hydrogens (tertiary/aromatic N) is 2. The molecule has 0 aromatic carbocycles. The molecule has 1 aliphatic rings. The van der Waals surface area contributed by atoms with Gasteiger partial charge in [0.2, 0.25) is 0 Å². The minimum Gasteiger partial charge on any atom is -0.493 e. The van der Waals surface area contributed by atoms with Gasteiger partial charge in [0.05, 0.1) is 14.2 Å². The van der Waals surface area contributed by atoms with Crippen LogP contribution < -0.4 is 15.2 Å². The first-order valence-corrected chi connectivity index (χ1v) is 6.78. The van der Waals surface area contributed by atoms with Crippen LogP contribution in [0.3, 0.4) is 0 Å². The van der Waals surface area contributed by atoms with Crippen LogP contribution in [-0.4, -0.2) is 43.2 Å². The molecule has 0 aliphatic carbocycles. The maximum atomic E-state index is 6.09. The number of hydrogen-bond acceptors (Lipinski definition) is 5. The lowest BCUT2D eigenvalue weighted by Gasteiger charge is -2.23. The van der Waals surface area contributed by atoms with Gasteiger partial charge >= 0.3 is 0 Å². The van der Waals surface area contributed by atoms with Crippen LogP contribution in [0.5, 0.6) is 11.5 Å². The van der Waals surface area contributed by atoms with Crippen LogP contribution in [0.1, 0.15) is 25.0 Å². The maximum Gasteiger partial charge on any atom is 0.183 e. The van der Waals surface area contributed by atoms with Gasteiger partial charge in [0.15, 0.2) is 11.5 Å². The molecule has 1 aromatic rings. The highest BCUT2D eigenvalue weighted by Gasteiger charge is 2.18. The molecule has 1 fully saturated rings. The first-order valence-electron chi connectivity index (χ1n) is 6.78. The third-order valence-electron chi connectivity index (χ3n) is 3.53. The van der Waals surface area contributed by atoms with E-state index in [0.717, 1.165) is 43.2 Å². The zero-order valence-electron chi connectivity index (χ0n) is 11.8. The second kappa shape index (κ2) is 6.73. The molecule has 0 radical (unpaired) electrons. The Bertz CT molecular complexity index is 412. The molecule has 1 aromatic heterocycles. The Balaban J connectivity index is 2.13. The number of rotatable bonds is 4. The lowest BCUT2D eigenvalue weighted by Crippen LogP contribution is -2.35. The summed E-state index contributed by atoms with van der Waals surface area (Å²) in [5.41, 5.74) is 7.00. The third kappa shape index (κ3) is 3.58. The molecule has 1 unspecified atom stereocenters. The summed E-state index contributed by atoms with van der Waals surface area (Å²) in [6.45, 7) is 2.74. The third-order valence-corrected chi connectivity index (χ3v) is 3.53. The van der Waals surface area contributed by atoms with Crippen molar-refractivity contribution in [2.24, 2.45) is 5.73 Å². The number of ether oxygens (including phenoxy) is 2. The van der Waals surface area contributed by atoms with Crippen LogP contribution in [0.4, 0.5) is 0 Å². The zero-order valence-corrected chi connectivity index (χ0v) is 11.8. The second-order valence-electron chi connectivity index (χ2n) is 4.98. The monoisotopic (exact) mass is 265 g/mol. The van der Waals surface area contributed by atoms with Gasteiger partial charge in [-0.3, -0.25) is 9.88 Å².